The summed E-state index contributed by atoms with van der Waals surface area (Å²) in [4.78, 5) is 26.6. The van der Waals surface area contributed by atoms with Crippen LogP contribution >= 0.6 is 11.3 Å². The molecule has 1 aromatic rings. The molecule has 19 heavy (non-hydrogen) atoms. The maximum atomic E-state index is 11.8. The third-order valence-electron chi connectivity index (χ3n) is 3.38. The van der Waals surface area contributed by atoms with Gasteiger partial charge in [0.25, 0.3) is 0 Å². The zero-order chi connectivity index (χ0) is 13.7. The first-order valence-corrected chi connectivity index (χ1v) is 7.53. The molecule has 1 fully saturated rings. The number of aliphatic carboxylic acids is 1. The fraction of sp³-hybridized carbons (Fsp3) is 0.571. The Labute approximate surface area is 117 Å². The van der Waals surface area contributed by atoms with Crippen LogP contribution in [-0.2, 0) is 11.2 Å². The number of carboxylic acid groups (broad SMARTS) is 1. The normalized spacial score (nSPS) is 15.8. The maximum Gasteiger partial charge on any atom is 0.303 e. The summed E-state index contributed by atoms with van der Waals surface area (Å²) in [5.74, 6) is -0.973. The van der Waals surface area contributed by atoms with Gasteiger partial charge in [-0.1, -0.05) is 0 Å². The highest BCUT2D eigenvalue weighted by Crippen LogP contribution is 2.20. The lowest BCUT2D eigenvalue weighted by atomic mass is 10.2. The Bertz CT molecular complexity index is 449. The Morgan fingerprint density at radius 1 is 1.21 bits per heavy atom. The number of ketones is 1. The van der Waals surface area contributed by atoms with Gasteiger partial charge in [0.2, 0.25) is 0 Å². The average Bonchev–Trinajstić information content (AvgIpc) is 3.04. The Kier molecular flexibility index (Phi) is 5.10. The first-order chi connectivity index (χ1) is 9.15. The van der Waals surface area contributed by atoms with Crippen molar-refractivity contribution >= 4 is 23.1 Å². The molecule has 0 bridgehead atoms. The average molecular weight is 281 g/mol. The molecule has 0 spiro atoms. The van der Waals surface area contributed by atoms with E-state index in [0.717, 1.165) is 13.0 Å². The van der Waals surface area contributed by atoms with Gasteiger partial charge in [0, 0.05) is 17.8 Å². The van der Waals surface area contributed by atoms with E-state index < -0.39 is 5.97 Å². The Morgan fingerprint density at radius 2 is 1.95 bits per heavy atom. The van der Waals surface area contributed by atoms with Crippen LogP contribution in [0.25, 0.3) is 0 Å². The summed E-state index contributed by atoms with van der Waals surface area (Å²) >= 11 is 1.51. The third-order valence-corrected chi connectivity index (χ3v) is 4.56. The van der Waals surface area contributed by atoms with Crippen LogP contribution in [0, 0.1) is 0 Å². The molecule has 1 N–H and O–H groups in total. The Morgan fingerprint density at radius 3 is 2.63 bits per heavy atom. The van der Waals surface area contributed by atoms with Gasteiger partial charge < -0.3 is 10.0 Å². The lowest BCUT2D eigenvalue weighted by molar-refractivity contribution is -0.136. The largest absolute Gasteiger partial charge is 0.481 e. The van der Waals surface area contributed by atoms with E-state index in [2.05, 4.69) is 4.90 Å². The predicted molar refractivity (Wildman–Crippen MR) is 74.9 cm³/mol. The summed E-state index contributed by atoms with van der Waals surface area (Å²) in [5.41, 5.74) is 0. The molecule has 2 rings (SSSR count). The van der Waals surface area contributed by atoms with E-state index in [1.165, 1.54) is 42.1 Å². The molecule has 4 nitrogen and oxygen atoms in total. The van der Waals surface area contributed by atoms with E-state index in [1.807, 2.05) is 12.1 Å². The first kappa shape index (κ1) is 14.2. The molecule has 5 heteroatoms. The minimum Gasteiger partial charge on any atom is -0.481 e. The van der Waals surface area contributed by atoms with Gasteiger partial charge in [0.05, 0.1) is 11.3 Å². The fourth-order valence-corrected chi connectivity index (χ4v) is 3.24. The number of thiophene rings is 1. The third kappa shape index (κ3) is 4.44. The standard InChI is InChI=1S/C14H19NO3S/c16-12(4-6-14(17)18)13-5-3-11(19-13)7-10-15-8-1-2-9-15/h3,5H,1-2,4,6-10H2,(H,17,18). The molecule has 104 valence electrons. The van der Waals surface area contributed by atoms with Crippen LogP contribution in [0.5, 0.6) is 0 Å². The van der Waals surface area contributed by atoms with Gasteiger partial charge >= 0.3 is 5.97 Å². The molecule has 0 atom stereocenters. The van der Waals surface area contributed by atoms with E-state index in [1.54, 1.807) is 0 Å². The zero-order valence-corrected chi connectivity index (χ0v) is 11.7. The molecule has 1 aliphatic heterocycles. The molecular formula is C14H19NO3S. The predicted octanol–water partition coefficient (Wildman–Crippen LogP) is 2.43. The Hall–Kier alpha value is -1.20. The van der Waals surface area contributed by atoms with Crippen molar-refractivity contribution in [2.75, 3.05) is 19.6 Å². The van der Waals surface area contributed by atoms with Crippen LogP contribution in [0.4, 0.5) is 0 Å². The van der Waals surface area contributed by atoms with Crippen LogP contribution in [0.15, 0.2) is 12.1 Å². The lowest BCUT2D eigenvalue weighted by Gasteiger charge is -2.12. The second-order valence-corrected chi connectivity index (χ2v) is 6.05. The highest BCUT2D eigenvalue weighted by atomic mass is 32.1. The van der Waals surface area contributed by atoms with Crippen LogP contribution in [-0.4, -0.2) is 41.4 Å². The summed E-state index contributed by atoms with van der Waals surface area (Å²) in [6.07, 6.45) is 3.59. The molecule has 2 heterocycles. The Balaban J connectivity index is 1.80. The van der Waals surface area contributed by atoms with Crippen molar-refractivity contribution in [2.24, 2.45) is 0 Å². The van der Waals surface area contributed by atoms with Crippen molar-refractivity contribution in [3.8, 4) is 0 Å². The van der Waals surface area contributed by atoms with E-state index in [0.29, 0.717) is 4.88 Å². The number of carboxylic acids is 1. The van der Waals surface area contributed by atoms with Crippen molar-refractivity contribution in [2.45, 2.75) is 32.1 Å². The molecular weight excluding hydrogens is 262 g/mol. The van der Waals surface area contributed by atoms with E-state index >= 15 is 0 Å². The summed E-state index contributed by atoms with van der Waals surface area (Å²) in [6, 6.07) is 3.82. The summed E-state index contributed by atoms with van der Waals surface area (Å²) in [6.45, 7) is 3.44. The quantitative estimate of drug-likeness (QED) is 0.780. The number of carbonyl (C=O) groups excluding carboxylic acids is 1. The van der Waals surface area contributed by atoms with Gasteiger partial charge in [-0.3, -0.25) is 9.59 Å². The number of likely N-dealkylation sites (tertiary alicyclic amines) is 1. The second kappa shape index (κ2) is 6.82. The number of hydrogen-bond donors (Lipinski definition) is 1. The number of hydrogen-bond acceptors (Lipinski definition) is 4. The summed E-state index contributed by atoms with van der Waals surface area (Å²) < 4.78 is 0. The fourth-order valence-electron chi connectivity index (χ4n) is 2.28. The molecule has 0 radical (unpaired) electrons. The molecule has 1 saturated heterocycles. The minimum atomic E-state index is -0.917. The smallest absolute Gasteiger partial charge is 0.303 e. The molecule has 1 aromatic heterocycles. The van der Waals surface area contributed by atoms with Crippen molar-refractivity contribution in [3.05, 3.63) is 21.9 Å². The van der Waals surface area contributed by atoms with Gasteiger partial charge in [-0.2, -0.15) is 0 Å². The van der Waals surface area contributed by atoms with Crippen molar-refractivity contribution < 1.29 is 14.7 Å². The summed E-state index contributed by atoms with van der Waals surface area (Å²) in [5, 5.41) is 8.57. The van der Waals surface area contributed by atoms with Crippen LogP contribution in [0.3, 0.4) is 0 Å². The molecule has 0 amide bonds. The molecule has 0 unspecified atom stereocenters. The van der Waals surface area contributed by atoms with Crippen LogP contribution in [0.2, 0.25) is 0 Å². The number of nitrogens with zero attached hydrogens (tertiary/aromatic N) is 1. The molecule has 0 saturated carbocycles. The monoisotopic (exact) mass is 281 g/mol. The van der Waals surface area contributed by atoms with Crippen molar-refractivity contribution in [3.63, 3.8) is 0 Å². The van der Waals surface area contributed by atoms with E-state index in [9.17, 15) is 9.59 Å². The van der Waals surface area contributed by atoms with Crippen LogP contribution < -0.4 is 0 Å². The summed E-state index contributed by atoms with van der Waals surface area (Å²) in [7, 11) is 0. The van der Waals surface area contributed by atoms with Gasteiger partial charge in [0.15, 0.2) is 5.78 Å². The van der Waals surface area contributed by atoms with Gasteiger partial charge in [-0.25, -0.2) is 0 Å². The SMILES string of the molecule is O=C(O)CCC(=O)c1ccc(CCN2CCCC2)s1. The van der Waals surface area contributed by atoms with E-state index in [4.69, 9.17) is 5.11 Å². The molecule has 1 aliphatic rings. The van der Waals surface area contributed by atoms with E-state index in [-0.39, 0.29) is 18.6 Å². The second-order valence-electron chi connectivity index (χ2n) is 4.88. The lowest BCUT2D eigenvalue weighted by Crippen LogP contribution is -2.21. The number of rotatable bonds is 7. The number of carbonyl (C=O) groups is 2. The minimum absolute atomic E-state index is 0.0557. The van der Waals surface area contributed by atoms with Crippen molar-refractivity contribution in [1.29, 1.82) is 0 Å². The van der Waals surface area contributed by atoms with Gasteiger partial charge in [-0.15, -0.1) is 11.3 Å². The highest BCUT2D eigenvalue weighted by Gasteiger charge is 2.13. The van der Waals surface area contributed by atoms with Crippen LogP contribution in [0.1, 0.15) is 40.2 Å². The number of Topliss-reactive ketones (excluding diaryl/α,β-unsaturated/α-hetero) is 1. The molecule has 0 aromatic carbocycles. The highest BCUT2D eigenvalue weighted by molar-refractivity contribution is 7.14. The molecule has 0 aliphatic carbocycles. The van der Waals surface area contributed by atoms with Crippen molar-refractivity contribution in [1.82, 2.24) is 4.90 Å². The first-order valence-electron chi connectivity index (χ1n) is 6.71. The van der Waals surface area contributed by atoms with Gasteiger partial charge in [-0.05, 0) is 44.5 Å². The van der Waals surface area contributed by atoms with Gasteiger partial charge in [0.1, 0.15) is 0 Å². The maximum absolute atomic E-state index is 11.8. The zero-order valence-electron chi connectivity index (χ0n) is 10.9. The topological polar surface area (TPSA) is 57.6 Å².